The van der Waals surface area contributed by atoms with E-state index in [9.17, 15) is 10.2 Å². The molecule has 80 valence electrons. The second-order valence-electron chi connectivity index (χ2n) is 4.18. The van der Waals surface area contributed by atoms with Gasteiger partial charge in [-0.2, -0.15) is 0 Å². The zero-order valence-corrected chi connectivity index (χ0v) is 9.17. The predicted molar refractivity (Wildman–Crippen MR) is 54.6 cm³/mol. The number of hydrogen-bond donors (Lipinski definition) is 3. The molecule has 0 aliphatic carbocycles. The Hall–Kier alpha value is -0.120. The lowest BCUT2D eigenvalue weighted by molar-refractivity contribution is -0.0302. The largest absolute Gasteiger partial charge is 0.392 e. The van der Waals surface area contributed by atoms with Crippen LogP contribution in [0.4, 0.5) is 0 Å². The maximum Gasteiger partial charge on any atom is 0.0691 e. The molecule has 0 aromatic carbocycles. The summed E-state index contributed by atoms with van der Waals surface area (Å²) in [6, 6.07) is 0. The second-order valence-corrected chi connectivity index (χ2v) is 4.18. The fourth-order valence-electron chi connectivity index (χ4n) is 1.10. The minimum atomic E-state index is -0.769. The fraction of sp³-hybridized carbons (Fsp3) is 1.00. The maximum atomic E-state index is 9.87. The summed E-state index contributed by atoms with van der Waals surface area (Å²) in [5, 5.41) is 22.5. The SMILES string of the molecule is CCNC[C@H](O)C[C@](C)(O)C(C)C. The molecule has 3 nitrogen and oxygen atoms in total. The van der Waals surface area contributed by atoms with Gasteiger partial charge in [0.25, 0.3) is 0 Å². The van der Waals surface area contributed by atoms with E-state index in [-0.39, 0.29) is 5.92 Å². The third-order valence-corrected chi connectivity index (χ3v) is 2.52. The van der Waals surface area contributed by atoms with E-state index >= 15 is 0 Å². The molecule has 0 amide bonds. The van der Waals surface area contributed by atoms with E-state index in [0.717, 1.165) is 6.54 Å². The molecule has 0 aromatic rings. The first-order valence-corrected chi connectivity index (χ1v) is 5.01. The number of hydrogen-bond acceptors (Lipinski definition) is 3. The lowest BCUT2D eigenvalue weighted by atomic mass is 9.87. The van der Waals surface area contributed by atoms with Crippen molar-refractivity contribution in [1.82, 2.24) is 5.32 Å². The molecule has 13 heavy (non-hydrogen) atoms. The number of likely N-dealkylation sites (N-methyl/N-ethyl adjacent to an activating group) is 1. The monoisotopic (exact) mass is 189 g/mol. The minimum absolute atomic E-state index is 0.170. The molecule has 3 N–H and O–H groups in total. The molecule has 2 atom stereocenters. The summed E-state index contributed by atoms with van der Waals surface area (Å²) in [5.74, 6) is 0.170. The summed E-state index contributed by atoms with van der Waals surface area (Å²) in [6.07, 6.45) is -0.0325. The summed E-state index contributed by atoms with van der Waals surface area (Å²) in [6.45, 7) is 9.08. The van der Waals surface area contributed by atoms with Crippen molar-refractivity contribution < 1.29 is 10.2 Å². The summed E-state index contributed by atoms with van der Waals surface area (Å²) in [5.41, 5.74) is -0.769. The van der Waals surface area contributed by atoms with Crippen LogP contribution in [0.15, 0.2) is 0 Å². The molecule has 0 bridgehead atoms. The second kappa shape index (κ2) is 5.58. The molecule has 0 saturated carbocycles. The van der Waals surface area contributed by atoms with Crippen LogP contribution in [0.2, 0.25) is 0 Å². The van der Waals surface area contributed by atoms with E-state index in [0.29, 0.717) is 13.0 Å². The van der Waals surface area contributed by atoms with Gasteiger partial charge in [-0.1, -0.05) is 20.8 Å². The molecule has 0 fully saturated rings. The molecule has 0 heterocycles. The molecule has 0 aromatic heterocycles. The Morgan fingerprint density at radius 3 is 2.31 bits per heavy atom. The van der Waals surface area contributed by atoms with Crippen LogP contribution in [0.3, 0.4) is 0 Å². The quantitative estimate of drug-likeness (QED) is 0.578. The normalized spacial score (nSPS) is 18.7. The third kappa shape index (κ3) is 5.24. The van der Waals surface area contributed by atoms with Gasteiger partial charge >= 0.3 is 0 Å². The van der Waals surface area contributed by atoms with Gasteiger partial charge in [0.2, 0.25) is 0 Å². The molecule has 0 radical (unpaired) electrons. The summed E-state index contributed by atoms with van der Waals surface area (Å²) in [7, 11) is 0. The van der Waals surface area contributed by atoms with E-state index in [1.165, 1.54) is 0 Å². The molecule has 0 spiro atoms. The molecule has 0 aliphatic heterocycles. The third-order valence-electron chi connectivity index (χ3n) is 2.52. The Kier molecular flexibility index (Phi) is 5.53. The smallest absolute Gasteiger partial charge is 0.0691 e. The van der Waals surface area contributed by atoms with Gasteiger partial charge in [-0.25, -0.2) is 0 Å². The van der Waals surface area contributed by atoms with Crippen LogP contribution in [-0.4, -0.2) is 35.0 Å². The first kappa shape index (κ1) is 12.9. The van der Waals surface area contributed by atoms with Crippen LogP contribution in [0.25, 0.3) is 0 Å². The van der Waals surface area contributed by atoms with Crippen molar-refractivity contribution in [2.75, 3.05) is 13.1 Å². The van der Waals surface area contributed by atoms with Gasteiger partial charge in [-0.05, 0) is 19.4 Å². The van der Waals surface area contributed by atoms with Crippen molar-refractivity contribution in [3.8, 4) is 0 Å². The van der Waals surface area contributed by atoms with Crippen LogP contribution < -0.4 is 5.32 Å². The Morgan fingerprint density at radius 1 is 1.38 bits per heavy atom. The lowest BCUT2D eigenvalue weighted by Gasteiger charge is -2.30. The average Bonchev–Trinajstić information content (AvgIpc) is 1.99. The number of nitrogens with one attached hydrogen (secondary N) is 1. The topological polar surface area (TPSA) is 52.5 Å². The van der Waals surface area contributed by atoms with Crippen molar-refractivity contribution in [2.45, 2.75) is 45.8 Å². The van der Waals surface area contributed by atoms with Gasteiger partial charge in [-0.3, -0.25) is 0 Å². The Labute approximate surface area is 81.2 Å². The van der Waals surface area contributed by atoms with Gasteiger partial charge in [0.15, 0.2) is 0 Å². The lowest BCUT2D eigenvalue weighted by Crippen LogP contribution is -2.39. The van der Waals surface area contributed by atoms with Crippen LogP contribution in [0.1, 0.15) is 34.1 Å². The van der Waals surface area contributed by atoms with E-state index < -0.39 is 11.7 Å². The van der Waals surface area contributed by atoms with Crippen LogP contribution in [-0.2, 0) is 0 Å². The first-order valence-electron chi connectivity index (χ1n) is 5.01. The van der Waals surface area contributed by atoms with Crippen LogP contribution >= 0.6 is 0 Å². The zero-order valence-electron chi connectivity index (χ0n) is 9.17. The summed E-state index contributed by atoms with van der Waals surface area (Å²) >= 11 is 0. The molecule has 0 rings (SSSR count). The van der Waals surface area contributed by atoms with E-state index in [4.69, 9.17) is 0 Å². The fourth-order valence-corrected chi connectivity index (χ4v) is 1.10. The van der Waals surface area contributed by atoms with Crippen LogP contribution in [0, 0.1) is 5.92 Å². The van der Waals surface area contributed by atoms with Crippen molar-refractivity contribution in [2.24, 2.45) is 5.92 Å². The van der Waals surface area contributed by atoms with Gasteiger partial charge in [-0.15, -0.1) is 0 Å². The minimum Gasteiger partial charge on any atom is -0.392 e. The number of aliphatic hydroxyl groups is 2. The Balaban J connectivity index is 3.82. The average molecular weight is 189 g/mol. The predicted octanol–water partition coefficient (Wildman–Crippen LogP) is 0.754. The van der Waals surface area contributed by atoms with Gasteiger partial charge < -0.3 is 15.5 Å². The Bertz CT molecular complexity index is 135. The van der Waals surface area contributed by atoms with Crippen molar-refractivity contribution in [3.63, 3.8) is 0 Å². The highest BCUT2D eigenvalue weighted by Gasteiger charge is 2.27. The van der Waals surface area contributed by atoms with Crippen molar-refractivity contribution in [3.05, 3.63) is 0 Å². The molecular formula is C10H23NO2. The highest BCUT2D eigenvalue weighted by Crippen LogP contribution is 2.21. The van der Waals surface area contributed by atoms with Gasteiger partial charge in [0.05, 0.1) is 11.7 Å². The molecule has 3 heteroatoms. The first-order chi connectivity index (χ1) is 5.90. The summed E-state index contributed by atoms with van der Waals surface area (Å²) in [4.78, 5) is 0. The Morgan fingerprint density at radius 2 is 1.92 bits per heavy atom. The van der Waals surface area contributed by atoms with E-state index in [2.05, 4.69) is 5.32 Å². The number of rotatable bonds is 6. The molecular weight excluding hydrogens is 166 g/mol. The van der Waals surface area contributed by atoms with Crippen molar-refractivity contribution >= 4 is 0 Å². The standard InChI is InChI=1S/C10H23NO2/c1-5-11-7-9(12)6-10(4,13)8(2)3/h8-9,11-13H,5-7H2,1-4H3/t9-,10+/m1/s1. The van der Waals surface area contributed by atoms with Gasteiger partial charge in [0.1, 0.15) is 0 Å². The summed E-state index contributed by atoms with van der Waals surface area (Å²) < 4.78 is 0. The zero-order chi connectivity index (χ0) is 10.5. The molecule has 0 unspecified atom stereocenters. The van der Waals surface area contributed by atoms with E-state index in [1.807, 2.05) is 20.8 Å². The highest BCUT2D eigenvalue weighted by molar-refractivity contribution is 4.80. The van der Waals surface area contributed by atoms with E-state index in [1.54, 1.807) is 6.92 Å². The van der Waals surface area contributed by atoms with Crippen LogP contribution in [0.5, 0.6) is 0 Å². The maximum absolute atomic E-state index is 9.87. The van der Waals surface area contributed by atoms with Crippen molar-refractivity contribution in [1.29, 1.82) is 0 Å². The molecule has 0 saturated heterocycles. The molecule has 0 aliphatic rings. The number of aliphatic hydroxyl groups excluding tert-OH is 1. The highest BCUT2D eigenvalue weighted by atomic mass is 16.3. The van der Waals surface area contributed by atoms with Gasteiger partial charge in [0, 0.05) is 13.0 Å².